The molecule has 0 heterocycles. The van der Waals surface area contributed by atoms with E-state index in [0.717, 1.165) is 22.4 Å². The van der Waals surface area contributed by atoms with Crippen LogP contribution in [0.15, 0.2) is 36.4 Å². The molecule has 2 rings (SSSR count). The van der Waals surface area contributed by atoms with Crippen LogP contribution in [0.25, 0.3) is 0 Å². The van der Waals surface area contributed by atoms with Crippen molar-refractivity contribution in [2.24, 2.45) is 0 Å². The molecule has 5 nitrogen and oxygen atoms in total. The van der Waals surface area contributed by atoms with Crippen LogP contribution >= 0.6 is 0 Å². The third-order valence-electron chi connectivity index (χ3n) is 4.28. The first-order chi connectivity index (χ1) is 12.3. The highest BCUT2D eigenvalue weighted by Gasteiger charge is 2.20. The lowest BCUT2D eigenvalue weighted by Crippen LogP contribution is -2.38. The molecule has 0 aliphatic rings. The Bertz CT molecular complexity index is 773. The largest absolute Gasteiger partial charge is 0.497 e. The molecule has 1 amide bonds. The molecule has 0 radical (unpaired) electrons. The second kappa shape index (κ2) is 8.61. The van der Waals surface area contributed by atoms with E-state index in [2.05, 4.69) is 5.32 Å². The van der Waals surface area contributed by atoms with Gasteiger partial charge < -0.3 is 19.5 Å². The number of carbonyl (C=O) groups excluding carboxylic acids is 1. The Morgan fingerprint density at radius 2 is 1.69 bits per heavy atom. The molecule has 0 aliphatic heterocycles. The Hall–Kier alpha value is -2.69. The molecule has 0 fully saturated rings. The molecule has 0 saturated carbocycles. The van der Waals surface area contributed by atoms with Gasteiger partial charge >= 0.3 is 0 Å². The third kappa shape index (κ3) is 4.69. The molecule has 0 spiro atoms. The fraction of sp³-hybridized carbons (Fsp3) is 0.381. The van der Waals surface area contributed by atoms with Gasteiger partial charge in [0.2, 0.25) is 0 Å². The Morgan fingerprint density at radius 1 is 0.962 bits per heavy atom. The molecular weight excluding hydrogens is 330 g/mol. The van der Waals surface area contributed by atoms with Gasteiger partial charge in [-0.1, -0.05) is 12.1 Å². The van der Waals surface area contributed by atoms with E-state index in [0.29, 0.717) is 11.5 Å². The van der Waals surface area contributed by atoms with Crippen LogP contribution in [0.4, 0.5) is 0 Å². The lowest BCUT2D eigenvalue weighted by molar-refractivity contribution is -0.127. The van der Waals surface area contributed by atoms with E-state index in [1.807, 2.05) is 57.2 Å². The molecular formula is C21H27NO4. The van der Waals surface area contributed by atoms with Gasteiger partial charge in [0.1, 0.15) is 17.2 Å². The van der Waals surface area contributed by atoms with Crippen LogP contribution < -0.4 is 19.5 Å². The van der Waals surface area contributed by atoms with Gasteiger partial charge in [0, 0.05) is 5.56 Å². The summed E-state index contributed by atoms with van der Waals surface area (Å²) >= 11 is 0. The molecule has 5 heteroatoms. The monoisotopic (exact) mass is 357 g/mol. The zero-order valence-corrected chi connectivity index (χ0v) is 16.3. The lowest BCUT2D eigenvalue weighted by atomic mass is 10.1. The third-order valence-corrected chi connectivity index (χ3v) is 4.28. The molecule has 2 aromatic rings. The number of hydrogen-bond donors (Lipinski definition) is 1. The van der Waals surface area contributed by atoms with Gasteiger partial charge in [-0.25, -0.2) is 0 Å². The molecule has 2 atom stereocenters. The summed E-state index contributed by atoms with van der Waals surface area (Å²) in [6.07, 6.45) is -0.616. The minimum Gasteiger partial charge on any atom is -0.497 e. The average molecular weight is 357 g/mol. The first-order valence-electron chi connectivity index (χ1n) is 8.62. The summed E-state index contributed by atoms with van der Waals surface area (Å²) in [5.74, 6) is 1.94. The number of rotatable bonds is 7. The van der Waals surface area contributed by atoms with Crippen LogP contribution in [-0.4, -0.2) is 26.2 Å². The van der Waals surface area contributed by atoms with Crippen LogP contribution in [0.2, 0.25) is 0 Å². The number of nitrogens with one attached hydrogen (secondary N) is 1. The Labute approximate surface area is 155 Å². The normalized spacial score (nSPS) is 12.8. The first-order valence-corrected chi connectivity index (χ1v) is 8.62. The van der Waals surface area contributed by atoms with Crippen molar-refractivity contribution in [1.29, 1.82) is 0 Å². The number of carbonyl (C=O) groups is 1. The second-order valence-electron chi connectivity index (χ2n) is 6.37. The lowest BCUT2D eigenvalue weighted by Gasteiger charge is -2.21. The fourth-order valence-corrected chi connectivity index (χ4v) is 2.66. The molecule has 140 valence electrons. The van der Waals surface area contributed by atoms with Gasteiger partial charge in [0.05, 0.1) is 20.3 Å². The Kier molecular flexibility index (Phi) is 6.50. The van der Waals surface area contributed by atoms with Gasteiger partial charge in [-0.3, -0.25) is 4.79 Å². The number of benzene rings is 2. The summed E-state index contributed by atoms with van der Waals surface area (Å²) in [6, 6.07) is 11.2. The quantitative estimate of drug-likeness (QED) is 0.815. The maximum absolute atomic E-state index is 12.6. The smallest absolute Gasteiger partial charge is 0.261 e. The Balaban J connectivity index is 2.10. The van der Waals surface area contributed by atoms with Crippen molar-refractivity contribution in [3.05, 3.63) is 53.1 Å². The van der Waals surface area contributed by atoms with E-state index < -0.39 is 6.10 Å². The van der Waals surface area contributed by atoms with Gasteiger partial charge in [-0.15, -0.1) is 0 Å². The zero-order valence-electron chi connectivity index (χ0n) is 16.3. The highest BCUT2D eigenvalue weighted by Crippen LogP contribution is 2.29. The number of amides is 1. The number of aryl methyl sites for hydroxylation is 2. The van der Waals surface area contributed by atoms with Crippen molar-refractivity contribution < 1.29 is 19.0 Å². The summed E-state index contributed by atoms with van der Waals surface area (Å²) < 4.78 is 16.5. The minimum atomic E-state index is -0.616. The van der Waals surface area contributed by atoms with Crippen LogP contribution in [-0.2, 0) is 4.79 Å². The van der Waals surface area contributed by atoms with Gasteiger partial charge in [0.15, 0.2) is 6.10 Å². The molecule has 26 heavy (non-hydrogen) atoms. The standard InChI is InChI=1S/C21H27NO4/c1-13-7-8-14(2)20(11-13)26-16(4)21(23)22-15(3)18-12-17(24-5)9-10-19(18)25-6/h7-12,15-16H,1-6H3,(H,22,23)/t15-,16-/m0/s1. The predicted molar refractivity (Wildman–Crippen MR) is 102 cm³/mol. The molecule has 0 aromatic heterocycles. The highest BCUT2D eigenvalue weighted by molar-refractivity contribution is 5.81. The van der Waals surface area contributed by atoms with E-state index in [1.165, 1.54) is 0 Å². The summed E-state index contributed by atoms with van der Waals surface area (Å²) in [6.45, 7) is 7.60. The van der Waals surface area contributed by atoms with Gasteiger partial charge in [0.25, 0.3) is 5.91 Å². The minimum absolute atomic E-state index is 0.191. The summed E-state index contributed by atoms with van der Waals surface area (Å²) in [4.78, 5) is 12.6. The maximum Gasteiger partial charge on any atom is 0.261 e. The second-order valence-corrected chi connectivity index (χ2v) is 6.37. The zero-order chi connectivity index (χ0) is 19.3. The van der Waals surface area contributed by atoms with Gasteiger partial charge in [-0.05, 0) is 63.1 Å². The van der Waals surface area contributed by atoms with E-state index in [4.69, 9.17) is 14.2 Å². The van der Waals surface area contributed by atoms with E-state index in [1.54, 1.807) is 21.1 Å². The van der Waals surface area contributed by atoms with Crippen molar-refractivity contribution >= 4 is 5.91 Å². The van der Waals surface area contributed by atoms with Gasteiger partial charge in [-0.2, -0.15) is 0 Å². The van der Waals surface area contributed by atoms with Crippen LogP contribution in [0, 0.1) is 13.8 Å². The maximum atomic E-state index is 12.6. The van der Waals surface area contributed by atoms with E-state index >= 15 is 0 Å². The van der Waals surface area contributed by atoms with Crippen molar-refractivity contribution in [3.8, 4) is 17.2 Å². The molecule has 0 aliphatic carbocycles. The molecule has 2 aromatic carbocycles. The summed E-state index contributed by atoms with van der Waals surface area (Å²) in [5, 5.41) is 2.98. The highest BCUT2D eigenvalue weighted by atomic mass is 16.5. The molecule has 0 bridgehead atoms. The SMILES string of the molecule is COc1ccc(OC)c([C@H](C)NC(=O)[C@H](C)Oc2cc(C)ccc2C)c1. The van der Waals surface area contributed by atoms with Crippen molar-refractivity contribution in [2.45, 2.75) is 39.8 Å². The molecule has 1 N–H and O–H groups in total. The van der Waals surface area contributed by atoms with Crippen LogP contribution in [0.1, 0.15) is 36.6 Å². The van der Waals surface area contributed by atoms with Crippen molar-refractivity contribution in [3.63, 3.8) is 0 Å². The number of hydrogen-bond acceptors (Lipinski definition) is 4. The van der Waals surface area contributed by atoms with E-state index in [-0.39, 0.29) is 11.9 Å². The number of ether oxygens (including phenoxy) is 3. The van der Waals surface area contributed by atoms with Crippen LogP contribution in [0.3, 0.4) is 0 Å². The fourth-order valence-electron chi connectivity index (χ4n) is 2.66. The molecule has 0 saturated heterocycles. The average Bonchev–Trinajstić information content (AvgIpc) is 2.63. The summed E-state index contributed by atoms with van der Waals surface area (Å²) in [5.41, 5.74) is 2.93. The van der Waals surface area contributed by atoms with Crippen molar-refractivity contribution in [2.75, 3.05) is 14.2 Å². The van der Waals surface area contributed by atoms with Crippen LogP contribution in [0.5, 0.6) is 17.2 Å². The first kappa shape index (κ1) is 19.6. The van der Waals surface area contributed by atoms with E-state index in [9.17, 15) is 4.79 Å². The molecule has 0 unspecified atom stereocenters. The van der Waals surface area contributed by atoms with Crippen molar-refractivity contribution in [1.82, 2.24) is 5.32 Å². The topological polar surface area (TPSA) is 56.8 Å². The Morgan fingerprint density at radius 3 is 2.35 bits per heavy atom. The number of methoxy groups -OCH3 is 2. The predicted octanol–water partition coefficient (Wildman–Crippen LogP) is 3.97. The summed E-state index contributed by atoms with van der Waals surface area (Å²) in [7, 11) is 3.21.